The van der Waals surface area contributed by atoms with E-state index in [0.717, 1.165) is 62.2 Å². The van der Waals surface area contributed by atoms with Gasteiger partial charge in [-0.1, -0.05) is 13.5 Å². The molecule has 59 heavy (non-hydrogen) atoms. The second-order valence-corrected chi connectivity index (χ2v) is 16.2. The second kappa shape index (κ2) is 20.7. The standard InChI is InChI=1S/C19H23N3O4S.C18H19N5O3S.C2H6N2.CH4/c1-12(23)20-9-15-10-22(19(25)26-15)14-4-5-16-13(8-14)6-7-27-17(18(16)24)11-21(2)3;1-10(24)20-7-13-9-23(18(25)26-13)12-2-3-14-11(6-12)4-5-27-15-8-21-17(19)22-16(14)15;1-2(3)4;/h4-5,8,11,15H,6-7,9-10H2,1-3H3,(H,20,23);2-3,6,8,13H,4-5,7,9H2,1H3,(H,20,24)(H2,19,21,22);1H3,(H3,3,4);1H4/t15-;13-;;/m00../s1. The number of ether oxygens (including phenoxy) is 2. The van der Waals surface area contributed by atoms with Gasteiger partial charge in [0.15, 0.2) is 0 Å². The van der Waals surface area contributed by atoms with Crippen LogP contribution in [-0.2, 0) is 31.9 Å². The van der Waals surface area contributed by atoms with E-state index in [-0.39, 0.29) is 55.6 Å². The summed E-state index contributed by atoms with van der Waals surface area (Å²) in [4.78, 5) is 74.6. The zero-order chi connectivity index (χ0) is 42.1. The van der Waals surface area contributed by atoms with Crippen molar-refractivity contribution < 1.29 is 33.4 Å². The third-order valence-electron chi connectivity index (χ3n) is 8.84. The second-order valence-electron chi connectivity index (χ2n) is 13.9. The average molecular weight is 849 g/mol. The van der Waals surface area contributed by atoms with E-state index in [4.69, 9.17) is 26.4 Å². The summed E-state index contributed by atoms with van der Waals surface area (Å²) in [6, 6.07) is 11.3. The maximum atomic E-state index is 12.8. The van der Waals surface area contributed by atoms with E-state index in [1.54, 1.807) is 51.7 Å². The van der Waals surface area contributed by atoms with E-state index >= 15 is 0 Å². The van der Waals surface area contributed by atoms with Crippen LogP contribution in [0.15, 0.2) is 58.6 Å². The van der Waals surface area contributed by atoms with Gasteiger partial charge < -0.3 is 36.5 Å². The van der Waals surface area contributed by atoms with Crippen LogP contribution < -0.4 is 31.9 Å². The highest BCUT2D eigenvalue weighted by molar-refractivity contribution is 8.04. The largest absolute Gasteiger partial charge is 0.442 e. The summed E-state index contributed by atoms with van der Waals surface area (Å²) in [6.07, 6.45) is 3.63. The maximum Gasteiger partial charge on any atom is 0.414 e. The van der Waals surface area contributed by atoms with Gasteiger partial charge in [0.25, 0.3) is 0 Å². The number of nitrogen functional groups attached to an aromatic ring is 1. The Kier molecular flexibility index (Phi) is 16.1. The lowest BCUT2D eigenvalue weighted by atomic mass is 10.00. The molecule has 2 fully saturated rings. The summed E-state index contributed by atoms with van der Waals surface area (Å²) in [6.45, 7) is 5.76. The number of Topliss-reactive ketones (excluding diaryl/α,β-unsaturated/α-hetero) is 1. The van der Waals surface area contributed by atoms with Crippen molar-refractivity contribution in [3.05, 3.63) is 70.4 Å². The average Bonchev–Trinajstić information content (AvgIpc) is 3.62. The van der Waals surface area contributed by atoms with Gasteiger partial charge in [-0.15, -0.1) is 23.5 Å². The summed E-state index contributed by atoms with van der Waals surface area (Å²) >= 11 is 3.25. The Morgan fingerprint density at radius 1 is 0.881 bits per heavy atom. The smallest absolute Gasteiger partial charge is 0.414 e. The topological polar surface area (TPSA) is 239 Å². The summed E-state index contributed by atoms with van der Waals surface area (Å²) in [5.41, 5.74) is 16.5. The molecule has 1 aromatic heterocycles. The molecular weight excluding hydrogens is 797 g/mol. The van der Waals surface area contributed by atoms with Gasteiger partial charge in [0.1, 0.15) is 12.2 Å². The quantitative estimate of drug-likeness (QED) is 0.126. The number of fused-ring (bicyclic) bond motifs is 4. The fraction of sp³-hybridized carbons (Fsp3) is 0.400. The van der Waals surface area contributed by atoms with Gasteiger partial charge in [0, 0.05) is 74.3 Å². The van der Waals surface area contributed by atoms with Gasteiger partial charge in [0.05, 0.1) is 47.5 Å². The van der Waals surface area contributed by atoms with Crippen molar-refractivity contribution >= 4 is 76.5 Å². The molecule has 0 bridgehead atoms. The van der Waals surface area contributed by atoms with Gasteiger partial charge >= 0.3 is 12.2 Å². The van der Waals surface area contributed by atoms with Crippen LogP contribution in [0.2, 0.25) is 0 Å². The van der Waals surface area contributed by atoms with E-state index < -0.39 is 12.2 Å². The number of nitrogens with one attached hydrogen (secondary N) is 3. The highest BCUT2D eigenvalue weighted by Gasteiger charge is 2.34. The molecule has 2 aromatic carbocycles. The van der Waals surface area contributed by atoms with Crippen LogP contribution in [0.4, 0.5) is 26.9 Å². The molecule has 4 amide bonds. The lowest BCUT2D eigenvalue weighted by Crippen LogP contribution is -2.33. The predicted molar refractivity (Wildman–Crippen MR) is 232 cm³/mol. The number of anilines is 3. The van der Waals surface area contributed by atoms with Crippen LogP contribution in [0.5, 0.6) is 0 Å². The molecule has 0 radical (unpaired) electrons. The number of aromatic nitrogens is 2. The highest BCUT2D eigenvalue weighted by Crippen LogP contribution is 2.38. The van der Waals surface area contributed by atoms with Crippen LogP contribution in [0.25, 0.3) is 11.3 Å². The summed E-state index contributed by atoms with van der Waals surface area (Å²) in [5, 5.41) is 11.6. The molecular formula is C40H52N10O7S2. The number of rotatable bonds is 7. The zero-order valence-electron chi connectivity index (χ0n) is 33.0. The zero-order valence-corrected chi connectivity index (χ0v) is 34.6. The molecule has 4 aliphatic heterocycles. The van der Waals surface area contributed by atoms with Crippen LogP contribution in [0, 0.1) is 5.41 Å². The molecule has 0 saturated carbocycles. The number of amides is 4. The Morgan fingerprint density at radius 3 is 1.88 bits per heavy atom. The molecule has 2 saturated heterocycles. The molecule has 0 aliphatic carbocycles. The first kappa shape index (κ1) is 45.9. The van der Waals surface area contributed by atoms with Crippen LogP contribution in [-0.4, -0.2) is 114 Å². The summed E-state index contributed by atoms with van der Waals surface area (Å²) < 4.78 is 10.7. The lowest BCUT2D eigenvalue weighted by Gasteiger charge is -2.16. The molecule has 3 aromatic rings. The normalized spacial score (nSPS) is 18.4. The Balaban J connectivity index is 0.000000235. The van der Waals surface area contributed by atoms with E-state index in [0.29, 0.717) is 30.9 Å². The molecule has 2 atom stereocenters. The maximum absolute atomic E-state index is 12.8. The molecule has 19 heteroatoms. The van der Waals surface area contributed by atoms with Crippen molar-refractivity contribution in [3.63, 3.8) is 0 Å². The molecule has 4 aliphatic rings. The number of cyclic esters (lactones) is 2. The molecule has 7 N–H and O–H groups in total. The molecule has 0 spiro atoms. The number of hydrogen-bond donors (Lipinski definition) is 5. The van der Waals surface area contributed by atoms with Gasteiger partial charge in [0.2, 0.25) is 23.5 Å². The SMILES string of the molecule is C.CC(=N)N.CC(=O)NC[C@H]1CN(c2ccc3c(c2)CCSC(=CN(C)C)C3=O)C(=O)O1.CC(=O)NC[C@H]1CN(c2ccc3c(c2)CCSc2cnc(N)nc2-3)C(=O)O1. The Bertz CT molecular complexity index is 2110. The van der Waals surface area contributed by atoms with Crippen LogP contribution in [0.1, 0.15) is 49.7 Å². The number of thioether (sulfide) groups is 2. The van der Waals surface area contributed by atoms with Crippen molar-refractivity contribution in [1.82, 2.24) is 25.5 Å². The number of aryl methyl sites for hydroxylation is 2. The van der Waals surface area contributed by atoms with E-state index in [1.165, 1.54) is 20.8 Å². The highest BCUT2D eigenvalue weighted by atomic mass is 32.2. The number of nitrogens with two attached hydrogens (primary N) is 2. The van der Waals surface area contributed by atoms with Crippen molar-refractivity contribution in [1.29, 1.82) is 5.41 Å². The van der Waals surface area contributed by atoms with Gasteiger partial charge in [-0.2, -0.15) is 0 Å². The van der Waals surface area contributed by atoms with Gasteiger partial charge in [-0.05, 0) is 61.2 Å². The van der Waals surface area contributed by atoms with E-state index in [2.05, 4.69) is 20.6 Å². The van der Waals surface area contributed by atoms with E-state index in [9.17, 15) is 24.0 Å². The van der Waals surface area contributed by atoms with Crippen molar-refractivity contribution in [2.75, 3.05) is 67.3 Å². The number of carbonyl (C=O) groups excluding carboxylic acids is 5. The number of allylic oxidation sites excluding steroid dienone is 1. The van der Waals surface area contributed by atoms with Crippen molar-refractivity contribution in [2.45, 2.75) is 58.1 Å². The Hall–Kier alpha value is -5.82. The third-order valence-corrected chi connectivity index (χ3v) is 10.9. The molecule has 0 unspecified atom stereocenters. The van der Waals surface area contributed by atoms with Crippen molar-refractivity contribution in [3.8, 4) is 11.3 Å². The summed E-state index contributed by atoms with van der Waals surface area (Å²) in [5.74, 6) is 1.82. The molecule has 5 heterocycles. The van der Waals surface area contributed by atoms with Gasteiger partial charge in [-0.3, -0.25) is 29.6 Å². The predicted octanol–water partition coefficient (Wildman–Crippen LogP) is 4.44. The number of benzene rings is 2. The number of carbonyl (C=O) groups is 5. The Morgan fingerprint density at radius 2 is 1.37 bits per heavy atom. The number of amidine groups is 1. The first-order valence-corrected chi connectivity index (χ1v) is 20.4. The third kappa shape index (κ3) is 12.3. The number of nitrogens with zero attached hydrogens (tertiary/aromatic N) is 5. The van der Waals surface area contributed by atoms with E-state index in [1.807, 2.05) is 49.5 Å². The van der Waals surface area contributed by atoms with Crippen LogP contribution >= 0.6 is 23.5 Å². The minimum atomic E-state index is -0.437. The fourth-order valence-corrected chi connectivity index (χ4v) is 8.34. The Labute approximate surface area is 352 Å². The minimum absolute atomic E-state index is 0. The minimum Gasteiger partial charge on any atom is -0.442 e. The van der Waals surface area contributed by atoms with Crippen molar-refractivity contribution in [2.24, 2.45) is 5.73 Å². The van der Waals surface area contributed by atoms with Gasteiger partial charge in [-0.25, -0.2) is 19.6 Å². The number of hydrogen-bond acceptors (Lipinski definition) is 14. The first-order valence-electron chi connectivity index (χ1n) is 18.4. The summed E-state index contributed by atoms with van der Waals surface area (Å²) in [7, 11) is 3.79. The first-order chi connectivity index (χ1) is 27.6. The molecule has 17 nitrogen and oxygen atoms in total. The fourth-order valence-electron chi connectivity index (χ4n) is 6.31. The van der Waals surface area contributed by atoms with Crippen LogP contribution in [0.3, 0.4) is 0 Å². The lowest BCUT2D eigenvalue weighted by molar-refractivity contribution is -0.120. The monoisotopic (exact) mass is 848 g/mol. The molecule has 316 valence electrons. The molecule has 7 rings (SSSR count). The number of ketones is 1.